The van der Waals surface area contributed by atoms with Crippen molar-refractivity contribution in [2.45, 2.75) is 72.1 Å². The number of fused-ring (bicyclic) bond motifs is 1. The first-order valence-electron chi connectivity index (χ1n) is 13.3. The summed E-state index contributed by atoms with van der Waals surface area (Å²) in [5, 5.41) is 0. The second-order valence-electron chi connectivity index (χ2n) is 12.2. The number of hydrogen-bond donors (Lipinski definition) is 0. The summed E-state index contributed by atoms with van der Waals surface area (Å²) >= 11 is 0. The van der Waals surface area contributed by atoms with E-state index >= 15 is 8.78 Å². The maximum atomic E-state index is 15.4. The van der Waals surface area contributed by atoms with Crippen molar-refractivity contribution in [3.8, 4) is 11.1 Å². The summed E-state index contributed by atoms with van der Waals surface area (Å²) in [6.07, 6.45) is 0. The number of anilines is 3. The van der Waals surface area contributed by atoms with Gasteiger partial charge in [-0.05, 0) is 136 Å². The molecular formula is C35H37F2N. The molecule has 0 spiro atoms. The predicted octanol–water partition coefficient (Wildman–Crippen LogP) is 10.3. The standard InChI is InChI=1S/C35H37F2N/c1-22-15-23(2)18-29(17-22)38(30-19-24(3)16-25(4)20-30)28-12-9-26(10-13-28)27-11-14-31-32(21-27)34(7,8)35(36,37)33(31,5)6/h9-21H,1-8H3. The normalized spacial score (nSPS) is 16.8. The van der Waals surface area contributed by atoms with Crippen molar-refractivity contribution >= 4 is 17.1 Å². The molecule has 0 aromatic heterocycles. The van der Waals surface area contributed by atoms with Gasteiger partial charge >= 0.3 is 0 Å². The molecule has 1 aliphatic carbocycles. The topological polar surface area (TPSA) is 3.24 Å². The van der Waals surface area contributed by atoms with Crippen LogP contribution in [0, 0.1) is 27.7 Å². The molecule has 0 unspecified atom stereocenters. The van der Waals surface area contributed by atoms with E-state index in [-0.39, 0.29) is 0 Å². The van der Waals surface area contributed by atoms with E-state index in [2.05, 4.69) is 93.3 Å². The quantitative estimate of drug-likeness (QED) is 0.264. The Labute approximate surface area is 226 Å². The van der Waals surface area contributed by atoms with Crippen LogP contribution < -0.4 is 4.90 Å². The van der Waals surface area contributed by atoms with Crippen LogP contribution in [0.1, 0.15) is 61.1 Å². The monoisotopic (exact) mass is 509 g/mol. The van der Waals surface area contributed by atoms with Crippen LogP contribution in [-0.2, 0) is 10.8 Å². The van der Waals surface area contributed by atoms with Crippen molar-refractivity contribution in [1.82, 2.24) is 0 Å². The smallest absolute Gasteiger partial charge is 0.266 e. The molecule has 4 aromatic rings. The number of rotatable bonds is 4. The average Bonchev–Trinajstić information content (AvgIpc) is 2.92. The number of alkyl halides is 2. The van der Waals surface area contributed by atoms with E-state index in [0.29, 0.717) is 0 Å². The van der Waals surface area contributed by atoms with Gasteiger partial charge in [-0.15, -0.1) is 0 Å². The zero-order valence-corrected chi connectivity index (χ0v) is 23.7. The van der Waals surface area contributed by atoms with Gasteiger partial charge in [-0.1, -0.05) is 42.5 Å². The van der Waals surface area contributed by atoms with Crippen molar-refractivity contribution in [3.63, 3.8) is 0 Å². The highest BCUT2D eigenvalue weighted by Gasteiger charge is 2.65. The second kappa shape index (κ2) is 8.80. The van der Waals surface area contributed by atoms with Crippen molar-refractivity contribution in [1.29, 1.82) is 0 Å². The first-order valence-corrected chi connectivity index (χ1v) is 13.3. The predicted molar refractivity (Wildman–Crippen MR) is 157 cm³/mol. The van der Waals surface area contributed by atoms with Crippen LogP contribution in [0.4, 0.5) is 25.8 Å². The van der Waals surface area contributed by atoms with E-state index in [1.807, 2.05) is 18.2 Å². The largest absolute Gasteiger partial charge is 0.310 e. The number of benzene rings is 4. The summed E-state index contributed by atoms with van der Waals surface area (Å²) < 4.78 is 30.8. The van der Waals surface area contributed by atoms with Crippen LogP contribution in [0.15, 0.2) is 78.9 Å². The van der Waals surface area contributed by atoms with Gasteiger partial charge in [0.1, 0.15) is 0 Å². The Bertz CT molecular complexity index is 1430. The minimum Gasteiger partial charge on any atom is -0.310 e. The van der Waals surface area contributed by atoms with Crippen LogP contribution in [0.2, 0.25) is 0 Å². The van der Waals surface area contributed by atoms with Gasteiger partial charge < -0.3 is 4.90 Å². The summed E-state index contributed by atoms with van der Waals surface area (Å²) in [5.41, 5.74) is 9.16. The molecule has 0 radical (unpaired) electrons. The van der Waals surface area contributed by atoms with Crippen LogP contribution in [0.5, 0.6) is 0 Å². The minimum absolute atomic E-state index is 0.737. The van der Waals surface area contributed by atoms with Gasteiger partial charge in [0.05, 0.1) is 10.8 Å². The number of hydrogen-bond acceptors (Lipinski definition) is 1. The third-order valence-corrected chi connectivity index (χ3v) is 8.32. The molecule has 0 atom stereocenters. The Kier molecular flexibility index (Phi) is 6.06. The number of aryl methyl sites for hydroxylation is 4. The van der Waals surface area contributed by atoms with E-state index in [9.17, 15) is 0 Å². The second-order valence-corrected chi connectivity index (χ2v) is 12.2. The summed E-state index contributed by atoms with van der Waals surface area (Å²) in [5.74, 6) is -2.83. The Morgan fingerprint density at radius 3 is 1.37 bits per heavy atom. The SMILES string of the molecule is Cc1cc(C)cc(N(c2ccc(-c3ccc4c(c3)C(C)(C)C(F)(F)C4(C)C)cc2)c2cc(C)cc(C)c2)c1. The van der Waals surface area contributed by atoms with Crippen LogP contribution in [0.25, 0.3) is 11.1 Å². The lowest BCUT2D eigenvalue weighted by atomic mass is 9.77. The molecule has 1 nitrogen and oxygen atoms in total. The van der Waals surface area contributed by atoms with Gasteiger partial charge in [-0.2, -0.15) is 0 Å². The molecule has 0 aliphatic heterocycles. The zero-order valence-electron chi connectivity index (χ0n) is 23.7. The Hall–Kier alpha value is -3.46. The van der Waals surface area contributed by atoms with Crippen molar-refractivity contribution in [2.75, 3.05) is 4.90 Å². The molecule has 0 saturated heterocycles. The minimum atomic E-state index is -2.83. The zero-order chi connectivity index (χ0) is 27.6. The Morgan fingerprint density at radius 1 is 0.474 bits per heavy atom. The molecule has 0 amide bonds. The molecule has 5 rings (SSSR count). The van der Waals surface area contributed by atoms with Crippen molar-refractivity contribution < 1.29 is 8.78 Å². The molecule has 1 aliphatic rings. The third kappa shape index (κ3) is 4.04. The van der Waals surface area contributed by atoms with Gasteiger partial charge in [0.25, 0.3) is 5.92 Å². The first kappa shape index (κ1) is 26.2. The lowest BCUT2D eigenvalue weighted by Gasteiger charge is -2.35. The highest BCUT2D eigenvalue weighted by atomic mass is 19.3. The molecule has 0 heterocycles. The fourth-order valence-corrected chi connectivity index (χ4v) is 6.32. The van der Waals surface area contributed by atoms with Crippen molar-refractivity contribution in [2.24, 2.45) is 0 Å². The van der Waals surface area contributed by atoms with Crippen LogP contribution in [-0.4, -0.2) is 5.92 Å². The molecule has 4 aromatic carbocycles. The summed E-state index contributed by atoms with van der Waals surface area (Å²) in [7, 11) is 0. The maximum absolute atomic E-state index is 15.4. The summed E-state index contributed by atoms with van der Waals surface area (Å²) in [6.45, 7) is 15.1. The molecular weight excluding hydrogens is 472 g/mol. The van der Waals surface area contributed by atoms with E-state index in [1.54, 1.807) is 27.7 Å². The van der Waals surface area contributed by atoms with Crippen LogP contribution in [0.3, 0.4) is 0 Å². The summed E-state index contributed by atoms with van der Waals surface area (Å²) in [4.78, 5) is 2.29. The fourth-order valence-electron chi connectivity index (χ4n) is 6.32. The van der Waals surface area contributed by atoms with Gasteiger partial charge in [-0.25, -0.2) is 8.78 Å². The fraction of sp³-hybridized carbons (Fsp3) is 0.314. The van der Waals surface area contributed by atoms with Gasteiger partial charge in [0.15, 0.2) is 0 Å². The number of nitrogens with zero attached hydrogens (tertiary/aromatic N) is 1. The van der Waals surface area contributed by atoms with Crippen LogP contribution >= 0.6 is 0 Å². The van der Waals surface area contributed by atoms with E-state index < -0.39 is 16.8 Å². The third-order valence-electron chi connectivity index (χ3n) is 8.32. The molecule has 0 fully saturated rings. The molecule has 0 N–H and O–H groups in total. The summed E-state index contributed by atoms with van der Waals surface area (Å²) in [6, 6.07) is 27.5. The Balaban J connectivity index is 1.59. The van der Waals surface area contributed by atoms with E-state index in [0.717, 1.165) is 39.3 Å². The van der Waals surface area contributed by atoms with Gasteiger partial charge in [-0.3, -0.25) is 0 Å². The highest BCUT2D eigenvalue weighted by molar-refractivity contribution is 5.79. The van der Waals surface area contributed by atoms with Gasteiger partial charge in [0.2, 0.25) is 0 Å². The molecule has 38 heavy (non-hydrogen) atoms. The maximum Gasteiger partial charge on any atom is 0.266 e. The average molecular weight is 510 g/mol. The molecule has 0 bridgehead atoms. The Morgan fingerprint density at radius 2 is 0.895 bits per heavy atom. The number of halogens is 2. The van der Waals surface area contributed by atoms with Crippen molar-refractivity contribution in [3.05, 3.63) is 112 Å². The molecule has 3 heteroatoms. The first-order chi connectivity index (χ1) is 17.7. The lowest BCUT2D eigenvalue weighted by molar-refractivity contribution is -0.105. The van der Waals surface area contributed by atoms with Gasteiger partial charge in [0, 0.05) is 17.1 Å². The molecule has 196 valence electrons. The van der Waals surface area contributed by atoms with E-state index in [4.69, 9.17) is 0 Å². The van der Waals surface area contributed by atoms with E-state index in [1.165, 1.54) is 22.3 Å². The highest BCUT2D eigenvalue weighted by Crippen LogP contribution is 2.59. The molecule has 0 saturated carbocycles. The lowest BCUT2D eigenvalue weighted by Crippen LogP contribution is -2.46.